The van der Waals surface area contributed by atoms with Crippen LogP contribution in [0.15, 0.2) is 22.8 Å². The monoisotopic (exact) mass is 559 g/mol. The summed E-state index contributed by atoms with van der Waals surface area (Å²) in [6, 6.07) is 3.55. The predicted molar refractivity (Wildman–Crippen MR) is 138 cm³/mol. The third-order valence-electron chi connectivity index (χ3n) is 6.25. The zero-order valence-corrected chi connectivity index (χ0v) is 22.1. The molecule has 2 bridgehead atoms. The molecule has 0 radical (unpaired) electrons. The van der Waals surface area contributed by atoms with Crippen molar-refractivity contribution in [1.29, 1.82) is 0 Å². The molecule has 2 aliphatic rings. The smallest absolute Gasteiger partial charge is 0.306 e. The van der Waals surface area contributed by atoms with E-state index in [2.05, 4.69) is 5.32 Å². The third kappa shape index (κ3) is 6.31. The fraction of sp³-hybridized carbons (Fsp3) is 0.625. The number of carbonyl (C=O) groups is 1. The van der Waals surface area contributed by atoms with Crippen molar-refractivity contribution >= 4 is 38.5 Å². The molecule has 37 heavy (non-hydrogen) atoms. The van der Waals surface area contributed by atoms with Gasteiger partial charge in [0.1, 0.15) is 30.5 Å². The van der Waals surface area contributed by atoms with Gasteiger partial charge in [0.25, 0.3) is 0 Å². The number of ether oxygens (including phenoxy) is 4. The van der Waals surface area contributed by atoms with E-state index in [1.54, 1.807) is 19.1 Å². The molecule has 2 aromatic rings. The molecule has 13 heteroatoms. The summed E-state index contributed by atoms with van der Waals surface area (Å²) >= 11 is 0. The number of furan rings is 1. The van der Waals surface area contributed by atoms with Gasteiger partial charge in [-0.1, -0.05) is 21.6 Å². The molecule has 5 N–H and O–H groups in total. The van der Waals surface area contributed by atoms with Crippen molar-refractivity contribution in [3.63, 3.8) is 0 Å². The highest BCUT2D eigenvalue weighted by molar-refractivity contribution is 8.76. The molecule has 1 saturated heterocycles. The van der Waals surface area contributed by atoms with E-state index in [4.69, 9.17) is 23.4 Å². The van der Waals surface area contributed by atoms with Gasteiger partial charge in [0.15, 0.2) is 11.3 Å². The first kappa shape index (κ1) is 28.3. The number of aryl methyl sites for hydroxylation is 1. The highest BCUT2D eigenvalue weighted by Crippen LogP contribution is 2.43. The summed E-state index contributed by atoms with van der Waals surface area (Å²) in [7, 11) is 2.90. The average Bonchev–Trinajstić information content (AvgIpc) is 3.36. The Balaban J connectivity index is 1.76. The van der Waals surface area contributed by atoms with E-state index in [1.807, 2.05) is 0 Å². The Bertz CT molecular complexity index is 1050. The van der Waals surface area contributed by atoms with Crippen LogP contribution in [0.25, 0.3) is 11.0 Å². The van der Waals surface area contributed by atoms with E-state index < -0.39 is 36.8 Å². The number of esters is 1. The summed E-state index contributed by atoms with van der Waals surface area (Å²) in [6.45, 7) is 2.89. The number of aliphatic hydroxyl groups is 4. The zero-order chi connectivity index (χ0) is 26.4. The molecule has 0 amide bonds. The summed E-state index contributed by atoms with van der Waals surface area (Å²) in [4.78, 5) is 12.1. The van der Waals surface area contributed by atoms with Crippen molar-refractivity contribution in [3.05, 3.63) is 24.0 Å². The molecule has 11 nitrogen and oxygen atoms in total. The topological polar surface area (TPSA) is 160 Å². The molecule has 2 aliphatic heterocycles. The maximum atomic E-state index is 12.1. The van der Waals surface area contributed by atoms with E-state index in [-0.39, 0.29) is 49.3 Å². The van der Waals surface area contributed by atoms with Crippen LogP contribution in [0.1, 0.15) is 18.9 Å². The number of benzene rings is 1. The number of nitrogens with one attached hydrogen (secondary N) is 1. The lowest BCUT2D eigenvalue weighted by Gasteiger charge is -2.47. The maximum absolute atomic E-state index is 12.1. The Morgan fingerprint density at radius 1 is 1.22 bits per heavy atom. The number of hydrogen-bond acceptors (Lipinski definition) is 13. The van der Waals surface area contributed by atoms with Crippen molar-refractivity contribution in [3.8, 4) is 11.5 Å². The van der Waals surface area contributed by atoms with Crippen molar-refractivity contribution in [2.45, 2.75) is 50.0 Å². The molecule has 1 aromatic heterocycles. The van der Waals surface area contributed by atoms with Crippen LogP contribution in [-0.2, 0) is 20.7 Å². The summed E-state index contributed by atoms with van der Waals surface area (Å²) in [6.07, 6.45) is -4.49. The van der Waals surface area contributed by atoms with Gasteiger partial charge in [0.05, 0.1) is 19.5 Å². The molecule has 3 heterocycles. The number of rotatable bonds is 5. The van der Waals surface area contributed by atoms with Crippen molar-refractivity contribution in [2.24, 2.45) is 0 Å². The summed E-state index contributed by atoms with van der Waals surface area (Å²) < 4.78 is 29.0. The van der Waals surface area contributed by atoms with Gasteiger partial charge in [-0.3, -0.25) is 4.79 Å². The van der Waals surface area contributed by atoms with Gasteiger partial charge >= 0.3 is 5.97 Å². The van der Waals surface area contributed by atoms with Crippen LogP contribution in [0.3, 0.4) is 0 Å². The highest BCUT2D eigenvalue weighted by Gasteiger charge is 2.54. The van der Waals surface area contributed by atoms with E-state index in [0.29, 0.717) is 24.2 Å². The molecule has 5 atom stereocenters. The lowest BCUT2D eigenvalue weighted by Crippen LogP contribution is -2.68. The minimum atomic E-state index is -1.64. The summed E-state index contributed by atoms with van der Waals surface area (Å²) in [5.41, 5.74) is -0.607. The summed E-state index contributed by atoms with van der Waals surface area (Å²) in [5, 5.41) is 46.5. The Labute approximate surface area is 222 Å². The van der Waals surface area contributed by atoms with Crippen molar-refractivity contribution < 1.29 is 48.6 Å². The van der Waals surface area contributed by atoms with E-state index >= 15 is 0 Å². The molecule has 1 aromatic carbocycles. The Kier molecular flexibility index (Phi) is 9.86. The van der Waals surface area contributed by atoms with Crippen LogP contribution in [0.4, 0.5) is 0 Å². The Morgan fingerprint density at radius 2 is 2.05 bits per heavy atom. The molecule has 0 saturated carbocycles. The zero-order valence-electron chi connectivity index (χ0n) is 20.5. The standard InChI is InChI=1S/C24H33NO10S2/c1-2-31-16(27)4-3-14-11-15-5-8-32-19(15)21-20(14)34-23-18(29)17(28)22(30)24(12-26,35-23)13-37-36-10-7-25-6-9-33-21/h5,8,11,17-18,22-23,25-26,28-30H,2-4,6-7,9-10,12-13H2,1H3/t17-,18-,22+,23-,24+/m1/s1. The number of hydrogen-bond donors (Lipinski definition) is 5. The van der Waals surface area contributed by atoms with Crippen molar-refractivity contribution in [1.82, 2.24) is 5.32 Å². The lowest BCUT2D eigenvalue weighted by molar-refractivity contribution is -0.312. The molecule has 0 aliphatic carbocycles. The fourth-order valence-electron chi connectivity index (χ4n) is 4.24. The SMILES string of the molecule is CCOC(=O)CCc1cc2ccoc2c2c1O[C@@H]1O[C@@](CO)(CSSCCNCCO2)[C@@H](O)[C@H](O)[C@H]1O. The number of carbonyl (C=O) groups excluding carboxylic acids is 1. The second kappa shape index (κ2) is 12.9. The van der Waals surface area contributed by atoms with Gasteiger partial charge in [-0.2, -0.15) is 0 Å². The van der Waals surface area contributed by atoms with Crippen LogP contribution in [0.5, 0.6) is 11.5 Å². The normalized spacial score (nSPS) is 29.3. The molecule has 4 rings (SSSR count). The molecule has 0 unspecified atom stereocenters. The largest absolute Gasteiger partial charge is 0.485 e. The van der Waals surface area contributed by atoms with Gasteiger partial charge in [-0.15, -0.1) is 0 Å². The van der Waals surface area contributed by atoms with Gasteiger partial charge in [0, 0.05) is 36.4 Å². The van der Waals surface area contributed by atoms with Crippen molar-refractivity contribution in [2.75, 3.05) is 44.4 Å². The van der Waals surface area contributed by atoms with Crippen LogP contribution in [0, 0.1) is 0 Å². The van der Waals surface area contributed by atoms with Crippen LogP contribution in [0.2, 0.25) is 0 Å². The summed E-state index contributed by atoms with van der Waals surface area (Å²) in [5.74, 6) is 0.919. The maximum Gasteiger partial charge on any atom is 0.306 e. The number of aliphatic hydroxyl groups excluding tert-OH is 4. The van der Waals surface area contributed by atoms with Crippen LogP contribution < -0.4 is 14.8 Å². The van der Waals surface area contributed by atoms with E-state index in [9.17, 15) is 25.2 Å². The first-order valence-electron chi connectivity index (χ1n) is 12.2. The van der Waals surface area contributed by atoms with Gasteiger partial charge in [-0.05, 0) is 31.0 Å². The molecule has 206 valence electrons. The van der Waals surface area contributed by atoms with Crippen LogP contribution in [-0.4, -0.2) is 101 Å². The second-order valence-electron chi connectivity index (χ2n) is 8.77. The quantitative estimate of drug-likeness (QED) is 0.259. The Morgan fingerprint density at radius 3 is 2.84 bits per heavy atom. The second-order valence-corrected chi connectivity index (χ2v) is 11.4. The first-order valence-corrected chi connectivity index (χ1v) is 14.6. The Hall–Kier alpha value is -1.71. The average molecular weight is 560 g/mol. The van der Waals surface area contributed by atoms with Gasteiger partial charge < -0.3 is 49.1 Å². The minimum Gasteiger partial charge on any atom is -0.485 e. The molecular formula is C24H33NO10S2. The fourth-order valence-corrected chi connectivity index (χ4v) is 6.65. The van der Waals surface area contributed by atoms with E-state index in [0.717, 1.165) is 11.1 Å². The van der Waals surface area contributed by atoms with E-state index in [1.165, 1.54) is 27.9 Å². The first-order chi connectivity index (χ1) is 17.9. The molecular weight excluding hydrogens is 526 g/mol. The van der Waals surface area contributed by atoms with Gasteiger partial charge in [0.2, 0.25) is 12.0 Å². The molecule has 0 spiro atoms. The predicted octanol–water partition coefficient (Wildman–Crippen LogP) is 0.841. The number of fused-ring (bicyclic) bond motifs is 5. The van der Waals surface area contributed by atoms with Gasteiger partial charge in [-0.25, -0.2) is 0 Å². The minimum absolute atomic E-state index is 0.0679. The highest BCUT2D eigenvalue weighted by atomic mass is 33.1. The van der Waals surface area contributed by atoms with Crippen LogP contribution >= 0.6 is 21.6 Å². The lowest BCUT2D eigenvalue weighted by atomic mass is 9.88. The molecule has 1 fully saturated rings. The third-order valence-corrected chi connectivity index (χ3v) is 8.75.